The second kappa shape index (κ2) is 4.20. The zero-order valence-corrected chi connectivity index (χ0v) is 9.91. The zero-order valence-electron chi connectivity index (χ0n) is 9.91. The van der Waals surface area contributed by atoms with E-state index < -0.39 is 5.97 Å². The van der Waals surface area contributed by atoms with Gasteiger partial charge in [-0.25, -0.2) is 4.79 Å². The molecule has 4 heteroatoms. The molecule has 0 bridgehead atoms. The lowest BCUT2D eigenvalue weighted by molar-refractivity contribution is 0.0695. The third-order valence-electron chi connectivity index (χ3n) is 3.04. The third-order valence-corrected chi connectivity index (χ3v) is 3.04. The lowest BCUT2D eigenvalue weighted by Gasteiger charge is -2.11. The Morgan fingerprint density at radius 2 is 1.94 bits per heavy atom. The lowest BCUT2D eigenvalue weighted by Crippen LogP contribution is -2.26. The van der Waals surface area contributed by atoms with E-state index in [1.165, 1.54) is 0 Å². The molecule has 17 heavy (non-hydrogen) atoms. The van der Waals surface area contributed by atoms with Crippen LogP contribution in [0, 0.1) is 13.8 Å². The van der Waals surface area contributed by atoms with Crippen molar-refractivity contribution in [1.82, 2.24) is 5.32 Å². The molecule has 0 radical (unpaired) electrons. The molecule has 1 aliphatic rings. The predicted molar refractivity (Wildman–Crippen MR) is 63.4 cm³/mol. The first-order valence-corrected chi connectivity index (χ1v) is 5.65. The monoisotopic (exact) mass is 233 g/mol. The van der Waals surface area contributed by atoms with E-state index in [0.29, 0.717) is 16.7 Å². The smallest absolute Gasteiger partial charge is 0.336 e. The maximum absolute atomic E-state index is 11.9. The van der Waals surface area contributed by atoms with Crippen molar-refractivity contribution in [1.29, 1.82) is 0 Å². The van der Waals surface area contributed by atoms with Crippen LogP contribution in [0.4, 0.5) is 0 Å². The Bertz CT molecular complexity index is 490. The average Bonchev–Trinajstić information content (AvgIpc) is 3.00. The van der Waals surface area contributed by atoms with Gasteiger partial charge >= 0.3 is 5.97 Å². The van der Waals surface area contributed by atoms with Crippen molar-refractivity contribution in [2.24, 2.45) is 0 Å². The Morgan fingerprint density at radius 3 is 2.47 bits per heavy atom. The standard InChI is InChI=1S/C13H15NO3/c1-7-3-6-10(8(2)11(7)13(16)17)12(15)14-9-4-5-9/h3,6,9H,4-5H2,1-2H3,(H,14,15)(H,16,17). The number of carboxylic acids is 1. The van der Waals surface area contributed by atoms with Gasteiger partial charge in [0.2, 0.25) is 0 Å². The van der Waals surface area contributed by atoms with E-state index >= 15 is 0 Å². The largest absolute Gasteiger partial charge is 0.478 e. The van der Waals surface area contributed by atoms with Gasteiger partial charge in [0.1, 0.15) is 0 Å². The molecule has 0 aromatic heterocycles. The topological polar surface area (TPSA) is 66.4 Å². The minimum absolute atomic E-state index is 0.174. The van der Waals surface area contributed by atoms with Gasteiger partial charge < -0.3 is 10.4 Å². The molecule has 0 aliphatic heterocycles. The number of carbonyl (C=O) groups is 2. The van der Waals surface area contributed by atoms with E-state index in [-0.39, 0.29) is 17.5 Å². The highest BCUT2D eigenvalue weighted by Gasteiger charge is 2.25. The molecule has 2 rings (SSSR count). The molecule has 1 aromatic rings. The molecule has 4 nitrogen and oxygen atoms in total. The van der Waals surface area contributed by atoms with Crippen molar-refractivity contribution < 1.29 is 14.7 Å². The number of hydrogen-bond acceptors (Lipinski definition) is 2. The fourth-order valence-electron chi connectivity index (χ4n) is 1.91. The van der Waals surface area contributed by atoms with Crippen molar-refractivity contribution in [3.8, 4) is 0 Å². The second-order valence-corrected chi connectivity index (χ2v) is 4.48. The number of aryl methyl sites for hydroxylation is 1. The van der Waals surface area contributed by atoms with Crippen LogP contribution in [0.25, 0.3) is 0 Å². The Morgan fingerprint density at radius 1 is 1.29 bits per heavy atom. The minimum Gasteiger partial charge on any atom is -0.478 e. The SMILES string of the molecule is Cc1ccc(C(=O)NC2CC2)c(C)c1C(=O)O. The van der Waals surface area contributed by atoms with Crippen LogP contribution in [0.1, 0.15) is 44.7 Å². The highest BCUT2D eigenvalue weighted by atomic mass is 16.4. The minimum atomic E-state index is -0.985. The normalized spacial score (nSPS) is 14.5. The zero-order chi connectivity index (χ0) is 12.6. The van der Waals surface area contributed by atoms with Crippen molar-refractivity contribution >= 4 is 11.9 Å². The van der Waals surface area contributed by atoms with Gasteiger partial charge in [0, 0.05) is 11.6 Å². The molecule has 1 amide bonds. The fraction of sp³-hybridized carbons (Fsp3) is 0.385. The van der Waals surface area contributed by atoms with Gasteiger partial charge in [-0.05, 0) is 43.9 Å². The van der Waals surface area contributed by atoms with E-state index in [1.54, 1.807) is 26.0 Å². The van der Waals surface area contributed by atoms with Crippen molar-refractivity contribution in [2.75, 3.05) is 0 Å². The van der Waals surface area contributed by atoms with E-state index in [0.717, 1.165) is 12.8 Å². The summed E-state index contributed by atoms with van der Waals surface area (Å²) in [5, 5.41) is 12.0. The van der Waals surface area contributed by atoms with Crippen LogP contribution >= 0.6 is 0 Å². The lowest BCUT2D eigenvalue weighted by atomic mass is 9.97. The summed E-state index contributed by atoms with van der Waals surface area (Å²) in [5.74, 6) is -1.16. The number of aromatic carboxylic acids is 1. The van der Waals surface area contributed by atoms with E-state index in [9.17, 15) is 9.59 Å². The molecule has 0 heterocycles. The number of carbonyl (C=O) groups excluding carboxylic acids is 1. The third kappa shape index (κ3) is 2.30. The molecule has 0 unspecified atom stereocenters. The number of hydrogen-bond donors (Lipinski definition) is 2. The number of benzene rings is 1. The number of amides is 1. The Labute approximate surface area is 99.6 Å². The molecule has 1 saturated carbocycles. The molecule has 0 atom stereocenters. The summed E-state index contributed by atoms with van der Waals surface area (Å²) in [4.78, 5) is 23.0. The van der Waals surface area contributed by atoms with Crippen molar-refractivity contribution in [3.05, 3.63) is 34.4 Å². The fourth-order valence-corrected chi connectivity index (χ4v) is 1.91. The van der Waals surface area contributed by atoms with Crippen LogP contribution in [-0.4, -0.2) is 23.0 Å². The Balaban J connectivity index is 2.37. The average molecular weight is 233 g/mol. The van der Waals surface area contributed by atoms with Crippen molar-refractivity contribution in [2.45, 2.75) is 32.7 Å². The molecule has 1 aromatic carbocycles. The summed E-state index contributed by atoms with van der Waals surface area (Å²) < 4.78 is 0. The molecule has 0 spiro atoms. The molecule has 0 saturated heterocycles. The van der Waals surface area contributed by atoms with Gasteiger partial charge in [0.25, 0.3) is 5.91 Å². The number of carboxylic acid groups (broad SMARTS) is 1. The highest BCUT2D eigenvalue weighted by molar-refractivity contribution is 6.00. The molecular formula is C13H15NO3. The summed E-state index contributed by atoms with van der Waals surface area (Å²) >= 11 is 0. The summed E-state index contributed by atoms with van der Waals surface area (Å²) in [6.45, 7) is 3.41. The molecule has 90 valence electrons. The maximum atomic E-state index is 11.9. The van der Waals surface area contributed by atoms with Gasteiger partial charge in [0.15, 0.2) is 0 Å². The van der Waals surface area contributed by atoms with Crippen LogP contribution in [-0.2, 0) is 0 Å². The van der Waals surface area contributed by atoms with E-state index in [1.807, 2.05) is 0 Å². The molecular weight excluding hydrogens is 218 g/mol. The quantitative estimate of drug-likeness (QED) is 0.837. The van der Waals surface area contributed by atoms with Crippen LogP contribution < -0.4 is 5.32 Å². The second-order valence-electron chi connectivity index (χ2n) is 4.48. The van der Waals surface area contributed by atoms with Gasteiger partial charge in [-0.15, -0.1) is 0 Å². The maximum Gasteiger partial charge on any atom is 0.336 e. The first-order chi connectivity index (χ1) is 8.00. The van der Waals surface area contributed by atoms with Gasteiger partial charge in [-0.1, -0.05) is 6.07 Å². The van der Waals surface area contributed by atoms with Crippen LogP contribution in [0.2, 0.25) is 0 Å². The number of rotatable bonds is 3. The highest BCUT2D eigenvalue weighted by Crippen LogP contribution is 2.22. The summed E-state index contributed by atoms with van der Waals surface area (Å²) in [6, 6.07) is 3.64. The van der Waals surface area contributed by atoms with Crippen molar-refractivity contribution in [3.63, 3.8) is 0 Å². The Hall–Kier alpha value is -1.84. The molecule has 1 fully saturated rings. The summed E-state index contributed by atoms with van der Waals surface area (Å²) in [5.41, 5.74) is 1.90. The van der Waals surface area contributed by atoms with Crippen LogP contribution in [0.3, 0.4) is 0 Å². The summed E-state index contributed by atoms with van der Waals surface area (Å²) in [7, 11) is 0. The predicted octanol–water partition coefficient (Wildman–Crippen LogP) is 1.89. The molecule has 1 aliphatic carbocycles. The summed E-state index contributed by atoms with van der Waals surface area (Å²) in [6.07, 6.45) is 2.03. The number of nitrogens with one attached hydrogen (secondary N) is 1. The Kier molecular flexibility index (Phi) is 2.88. The van der Waals surface area contributed by atoms with Gasteiger partial charge in [-0.2, -0.15) is 0 Å². The van der Waals surface area contributed by atoms with E-state index in [2.05, 4.69) is 5.32 Å². The first-order valence-electron chi connectivity index (χ1n) is 5.65. The van der Waals surface area contributed by atoms with Gasteiger partial charge in [0.05, 0.1) is 5.56 Å². The molecule has 2 N–H and O–H groups in total. The van der Waals surface area contributed by atoms with Gasteiger partial charge in [-0.3, -0.25) is 4.79 Å². The van der Waals surface area contributed by atoms with Crippen LogP contribution in [0.5, 0.6) is 0 Å². The first kappa shape index (κ1) is 11.6. The van der Waals surface area contributed by atoms with Crippen LogP contribution in [0.15, 0.2) is 12.1 Å². The van der Waals surface area contributed by atoms with E-state index in [4.69, 9.17) is 5.11 Å².